The van der Waals surface area contributed by atoms with Gasteiger partial charge in [-0.1, -0.05) is 47.5 Å². The Bertz CT molecular complexity index is 350. The molecule has 0 aliphatic rings. The van der Waals surface area contributed by atoms with Crippen molar-refractivity contribution in [2.45, 2.75) is 26.3 Å². The van der Waals surface area contributed by atoms with Gasteiger partial charge >= 0.3 is 0 Å². The lowest BCUT2D eigenvalue weighted by Gasteiger charge is -2.05. The summed E-state index contributed by atoms with van der Waals surface area (Å²) >= 11 is 3.48. The van der Waals surface area contributed by atoms with E-state index in [1.807, 2.05) is 24.3 Å². The molecule has 1 rings (SSSR count). The minimum Gasteiger partial charge on any atom is -0.370 e. The van der Waals surface area contributed by atoms with E-state index in [1.165, 1.54) is 0 Å². The molecule has 3 N–H and O–H groups in total. The summed E-state index contributed by atoms with van der Waals surface area (Å²) in [5.74, 6) is 0.518. The molecule has 16 heavy (non-hydrogen) atoms. The lowest BCUT2D eigenvalue weighted by atomic mass is 10.2. The molecule has 0 aromatic heterocycles. The summed E-state index contributed by atoms with van der Waals surface area (Å²) < 4.78 is 1.07. The minimum absolute atomic E-state index is 0.518. The first-order chi connectivity index (χ1) is 7.74. The largest absolute Gasteiger partial charge is 0.370 e. The maximum absolute atomic E-state index is 5.74. The standard InChI is InChI=1S/C12H18BrN3/c1-2-3-8-15-12(14)16-9-10-6-4-5-7-11(10)13/h4-7H,2-3,8-9H2,1H3,(H3,14,15,16). The highest BCUT2D eigenvalue weighted by Gasteiger charge is 1.97. The fourth-order valence-electron chi connectivity index (χ4n) is 1.25. The number of halogens is 1. The van der Waals surface area contributed by atoms with Gasteiger partial charge in [0.25, 0.3) is 0 Å². The molecular formula is C12H18BrN3. The van der Waals surface area contributed by atoms with Gasteiger partial charge in [-0.25, -0.2) is 4.99 Å². The molecule has 0 saturated heterocycles. The van der Waals surface area contributed by atoms with Crippen LogP contribution in [0, 0.1) is 0 Å². The fourth-order valence-corrected chi connectivity index (χ4v) is 1.66. The smallest absolute Gasteiger partial charge is 0.188 e. The van der Waals surface area contributed by atoms with Gasteiger partial charge in [0.2, 0.25) is 0 Å². The number of benzene rings is 1. The van der Waals surface area contributed by atoms with Gasteiger partial charge in [-0.05, 0) is 18.1 Å². The van der Waals surface area contributed by atoms with E-state index in [9.17, 15) is 0 Å². The zero-order chi connectivity index (χ0) is 11.8. The highest BCUT2D eigenvalue weighted by atomic mass is 79.9. The summed E-state index contributed by atoms with van der Waals surface area (Å²) in [5, 5.41) is 3.09. The molecule has 1 aromatic rings. The molecule has 0 atom stereocenters. The first-order valence-electron chi connectivity index (χ1n) is 5.51. The van der Waals surface area contributed by atoms with Crippen LogP contribution in [0.15, 0.2) is 33.7 Å². The molecule has 0 spiro atoms. The summed E-state index contributed by atoms with van der Waals surface area (Å²) in [6.07, 6.45) is 2.27. The number of rotatable bonds is 5. The highest BCUT2D eigenvalue weighted by Crippen LogP contribution is 2.16. The number of hydrogen-bond acceptors (Lipinski definition) is 1. The summed E-state index contributed by atoms with van der Waals surface area (Å²) in [5.41, 5.74) is 6.88. The predicted molar refractivity (Wildman–Crippen MR) is 72.4 cm³/mol. The van der Waals surface area contributed by atoms with E-state index < -0.39 is 0 Å². The molecule has 0 bridgehead atoms. The fraction of sp³-hybridized carbons (Fsp3) is 0.417. The Morgan fingerprint density at radius 2 is 2.19 bits per heavy atom. The summed E-state index contributed by atoms with van der Waals surface area (Å²) in [6, 6.07) is 8.02. The number of nitrogens with two attached hydrogens (primary N) is 1. The molecule has 0 saturated carbocycles. The van der Waals surface area contributed by atoms with E-state index in [0.29, 0.717) is 12.5 Å². The lowest BCUT2D eigenvalue weighted by Crippen LogP contribution is -2.32. The van der Waals surface area contributed by atoms with Gasteiger partial charge in [-0.3, -0.25) is 0 Å². The second kappa shape index (κ2) is 7.28. The quantitative estimate of drug-likeness (QED) is 0.496. The Morgan fingerprint density at radius 1 is 1.44 bits per heavy atom. The van der Waals surface area contributed by atoms with Gasteiger partial charge < -0.3 is 11.1 Å². The van der Waals surface area contributed by atoms with E-state index >= 15 is 0 Å². The molecule has 4 heteroatoms. The van der Waals surface area contributed by atoms with Gasteiger partial charge in [0, 0.05) is 11.0 Å². The van der Waals surface area contributed by atoms with Crippen LogP contribution in [0.25, 0.3) is 0 Å². The van der Waals surface area contributed by atoms with Crippen LogP contribution < -0.4 is 11.1 Å². The molecule has 0 unspecified atom stereocenters. The minimum atomic E-state index is 0.518. The van der Waals surface area contributed by atoms with Crippen LogP contribution in [0.1, 0.15) is 25.3 Å². The Balaban J connectivity index is 2.43. The van der Waals surface area contributed by atoms with Crippen molar-refractivity contribution in [3.05, 3.63) is 34.3 Å². The third kappa shape index (κ3) is 4.66. The van der Waals surface area contributed by atoms with Crippen LogP contribution in [0.2, 0.25) is 0 Å². The van der Waals surface area contributed by atoms with Crippen molar-refractivity contribution in [1.82, 2.24) is 5.32 Å². The number of aliphatic imine (C=N–C) groups is 1. The molecule has 88 valence electrons. The summed E-state index contributed by atoms with van der Waals surface area (Å²) in [6.45, 7) is 3.64. The normalized spacial score (nSPS) is 11.5. The molecule has 0 aliphatic carbocycles. The maximum Gasteiger partial charge on any atom is 0.188 e. The van der Waals surface area contributed by atoms with Crippen LogP contribution in [0.4, 0.5) is 0 Å². The van der Waals surface area contributed by atoms with Crippen molar-refractivity contribution >= 4 is 21.9 Å². The molecule has 0 fully saturated rings. The molecule has 0 radical (unpaired) electrons. The van der Waals surface area contributed by atoms with Crippen molar-refractivity contribution < 1.29 is 0 Å². The van der Waals surface area contributed by atoms with Gasteiger partial charge in [0.15, 0.2) is 5.96 Å². The topological polar surface area (TPSA) is 50.4 Å². The number of unbranched alkanes of at least 4 members (excludes halogenated alkanes) is 1. The second-order valence-corrected chi connectivity index (χ2v) is 4.43. The third-order valence-corrected chi connectivity index (χ3v) is 2.99. The highest BCUT2D eigenvalue weighted by molar-refractivity contribution is 9.10. The van der Waals surface area contributed by atoms with E-state index in [0.717, 1.165) is 29.4 Å². The number of nitrogens with zero attached hydrogens (tertiary/aromatic N) is 1. The summed E-state index contributed by atoms with van der Waals surface area (Å²) in [7, 11) is 0. The van der Waals surface area contributed by atoms with Crippen molar-refractivity contribution in [2.75, 3.05) is 6.54 Å². The lowest BCUT2D eigenvalue weighted by molar-refractivity contribution is 0.748. The van der Waals surface area contributed by atoms with Crippen LogP contribution in [-0.2, 0) is 6.54 Å². The van der Waals surface area contributed by atoms with Gasteiger partial charge in [-0.2, -0.15) is 0 Å². The second-order valence-electron chi connectivity index (χ2n) is 3.57. The first-order valence-corrected chi connectivity index (χ1v) is 6.30. The van der Waals surface area contributed by atoms with Crippen molar-refractivity contribution in [3.63, 3.8) is 0 Å². The molecule has 0 heterocycles. The van der Waals surface area contributed by atoms with Gasteiger partial charge in [0.05, 0.1) is 6.54 Å². The molecule has 3 nitrogen and oxygen atoms in total. The Labute approximate surface area is 105 Å². The van der Waals surface area contributed by atoms with E-state index in [2.05, 4.69) is 33.2 Å². The monoisotopic (exact) mass is 283 g/mol. The van der Waals surface area contributed by atoms with Crippen molar-refractivity contribution in [3.8, 4) is 0 Å². The molecule has 1 aromatic carbocycles. The number of nitrogens with one attached hydrogen (secondary N) is 1. The first kappa shape index (κ1) is 13.0. The molecule has 0 aliphatic heterocycles. The maximum atomic E-state index is 5.74. The van der Waals surface area contributed by atoms with Crippen molar-refractivity contribution in [1.29, 1.82) is 0 Å². The Kier molecular flexibility index (Phi) is 5.93. The predicted octanol–water partition coefficient (Wildman–Crippen LogP) is 2.65. The van der Waals surface area contributed by atoms with E-state index in [1.54, 1.807) is 0 Å². The van der Waals surface area contributed by atoms with E-state index in [-0.39, 0.29) is 0 Å². The zero-order valence-electron chi connectivity index (χ0n) is 9.54. The van der Waals surface area contributed by atoms with Crippen LogP contribution in [0.5, 0.6) is 0 Å². The number of guanidine groups is 1. The van der Waals surface area contributed by atoms with Crippen LogP contribution in [0.3, 0.4) is 0 Å². The Hall–Kier alpha value is -1.03. The van der Waals surface area contributed by atoms with Gasteiger partial charge in [-0.15, -0.1) is 0 Å². The number of hydrogen-bond donors (Lipinski definition) is 2. The SMILES string of the molecule is CCCCNC(N)=NCc1ccccc1Br. The zero-order valence-corrected chi connectivity index (χ0v) is 11.1. The third-order valence-electron chi connectivity index (χ3n) is 2.21. The van der Waals surface area contributed by atoms with Crippen molar-refractivity contribution in [2.24, 2.45) is 10.7 Å². The van der Waals surface area contributed by atoms with Gasteiger partial charge in [0.1, 0.15) is 0 Å². The van der Waals surface area contributed by atoms with Crippen LogP contribution in [-0.4, -0.2) is 12.5 Å². The Morgan fingerprint density at radius 3 is 2.88 bits per heavy atom. The summed E-state index contributed by atoms with van der Waals surface area (Å²) in [4.78, 5) is 4.28. The molecular weight excluding hydrogens is 266 g/mol. The average molecular weight is 284 g/mol. The average Bonchev–Trinajstić information content (AvgIpc) is 2.28. The van der Waals surface area contributed by atoms with Crippen LogP contribution >= 0.6 is 15.9 Å². The van der Waals surface area contributed by atoms with E-state index in [4.69, 9.17) is 5.73 Å². The molecule has 0 amide bonds.